The normalized spacial score (nSPS) is 11.3. The van der Waals surface area contributed by atoms with Crippen molar-refractivity contribution in [3.05, 3.63) is 53.6 Å². The van der Waals surface area contributed by atoms with E-state index in [0.29, 0.717) is 11.3 Å². The molecule has 0 atom stereocenters. The highest BCUT2D eigenvalue weighted by atomic mass is 19.4. The molecule has 0 aliphatic carbocycles. The van der Waals surface area contributed by atoms with Gasteiger partial charge in [0, 0.05) is 17.8 Å². The summed E-state index contributed by atoms with van der Waals surface area (Å²) in [7, 11) is 0. The van der Waals surface area contributed by atoms with Crippen molar-refractivity contribution in [2.24, 2.45) is 0 Å². The second-order valence-corrected chi connectivity index (χ2v) is 4.21. The van der Waals surface area contributed by atoms with Crippen molar-refractivity contribution in [2.75, 3.05) is 5.32 Å². The average molecular weight is 283 g/mol. The molecule has 0 aliphatic heterocycles. The Balaban J connectivity index is 2.06. The maximum absolute atomic E-state index is 12.4. The number of phenols is 2. The molecule has 0 saturated carbocycles. The summed E-state index contributed by atoms with van der Waals surface area (Å²) in [6.45, 7) is 0.186. The second kappa shape index (κ2) is 5.32. The Morgan fingerprint density at radius 3 is 2.20 bits per heavy atom. The van der Waals surface area contributed by atoms with Gasteiger partial charge in [0.05, 0.1) is 5.56 Å². The number of hydrogen-bond acceptors (Lipinski definition) is 3. The van der Waals surface area contributed by atoms with E-state index in [1.165, 1.54) is 18.2 Å². The molecule has 0 fully saturated rings. The summed E-state index contributed by atoms with van der Waals surface area (Å²) in [5, 5.41) is 21.8. The molecular formula is C14H12F3NO2. The molecule has 106 valence electrons. The van der Waals surface area contributed by atoms with Crippen molar-refractivity contribution in [1.82, 2.24) is 0 Å². The smallest absolute Gasteiger partial charge is 0.416 e. The number of rotatable bonds is 3. The van der Waals surface area contributed by atoms with Crippen molar-refractivity contribution in [3.8, 4) is 11.5 Å². The van der Waals surface area contributed by atoms with Gasteiger partial charge in [-0.1, -0.05) is 12.1 Å². The zero-order valence-corrected chi connectivity index (χ0v) is 10.3. The summed E-state index contributed by atoms with van der Waals surface area (Å²) >= 11 is 0. The number of hydrogen-bond donors (Lipinski definition) is 3. The third kappa shape index (κ3) is 3.14. The number of halogens is 3. The van der Waals surface area contributed by atoms with Crippen LogP contribution >= 0.6 is 0 Å². The van der Waals surface area contributed by atoms with Crippen LogP contribution in [-0.2, 0) is 12.7 Å². The average Bonchev–Trinajstić information content (AvgIpc) is 2.40. The number of benzene rings is 2. The quantitative estimate of drug-likeness (QED) is 0.752. The first-order chi connectivity index (χ1) is 9.38. The maximum atomic E-state index is 12.4. The lowest BCUT2D eigenvalue weighted by Gasteiger charge is -2.10. The molecule has 2 rings (SSSR count). The van der Waals surface area contributed by atoms with Crippen LogP contribution in [0.3, 0.4) is 0 Å². The minimum absolute atomic E-state index is 0.186. The van der Waals surface area contributed by atoms with Crippen LogP contribution in [0.5, 0.6) is 11.5 Å². The SMILES string of the molecule is Oc1cccc(CNc2ccc(C(F)(F)F)cc2)c1O. The summed E-state index contributed by atoms with van der Waals surface area (Å²) in [4.78, 5) is 0. The lowest BCUT2D eigenvalue weighted by Crippen LogP contribution is -2.05. The van der Waals surface area contributed by atoms with Crippen molar-refractivity contribution in [1.29, 1.82) is 0 Å². The highest BCUT2D eigenvalue weighted by molar-refractivity contribution is 5.49. The number of anilines is 1. The Kier molecular flexibility index (Phi) is 3.74. The Morgan fingerprint density at radius 1 is 0.950 bits per heavy atom. The van der Waals surface area contributed by atoms with E-state index in [1.807, 2.05) is 0 Å². The van der Waals surface area contributed by atoms with Crippen LogP contribution < -0.4 is 5.32 Å². The molecule has 2 aromatic carbocycles. The molecule has 20 heavy (non-hydrogen) atoms. The predicted octanol–water partition coefficient (Wildman–Crippen LogP) is 3.73. The summed E-state index contributed by atoms with van der Waals surface area (Å²) < 4.78 is 37.2. The van der Waals surface area contributed by atoms with Gasteiger partial charge >= 0.3 is 6.18 Å². The van der Waals surface area contributed by atoms with E-state index in [9.17, 15) is 23.4 Å². The van der Waals surface area contributed by atoms with Gasteiger partial charge in [-0.2, -0.15) is 13.2 Å². The fourth-order valence-electron chi connectivity index (χ4n) is 1.69. The first-order valence-electron chi connectivity index (χ1n) is 5.79. The Morgan fingerprint density at radius 2 is 1.60 bits per heavy atom. The minimum Gasteiger partial charge on any atom is -0.504 e. The molecule has 0 saturated heterocycles. The molecule has 0 aromatic heterocycles. The Bertz CT molecular complexity index is 594. The van der Waals surface area contributed by atoms with E-state index in [4.69, 9.17) is 0 Å². The number of alkyl halides is 3. The van der Waals surface area contributed by atoms with E-state index in [0.717, 1.165) is 12.1 Å². The molecule has 0 bridgehead atoms. The van der Waals surface area contributed by atoms with E-state index in [1.54, 1.807) is 12.1 Å². The first kappa shape index (κ1) is 14.0. The van der Waals surface area contributed by atoms with Crippen LogP contribution in [0, 0.1) is 0 Å². The van der Waals surface area contributed by atoms with E-state index < -0.39 is 11.7 Å². The van der Waals surface area contributed by atoms with Crippen LogP contribution in [0.25, 0.3) is 0 Å². The molecule has 0 heterocycles. The lowest BCUT2D eigenvalue weighted by atomic mass is 10.1. The molecule has 0 aliphatic rings. The topological polar surface area (TPSA) is 52.5 Å². The predicted molar refractivity (Wildman–Crippen MR) is 68.5 cm³/mol. The Labute approximate surface area is 113 Å². The van der Waals surface area contributed by atoms with Gasteiger partial charge in [0.2, 0.25) is 0 Å². The summed E-state index contributed by atoms with van der Waals surface area (Å²) in [5.74, 6) is -0.483. The summed E-state index contributed by atoms with van der Waals surface area (Å²) in [6.07, 6.45) is -4.36. The van der Waals surface area contributed by atoms with Gasteiger partial charge in [-0.25, -0.2) is 0 Å². The number of phenolic OH excluding ortho intramolecular Hbond substituents is 2. The van der Waals surface area contributed by atoms with Gasteiger partial charge in [-0.05, 0) is 30.3 Å². The number of para-hydroxylation sites is 1. The second-order valence-electron chi connectivity index (χ2n) is 4.21. The van der Waals surface area contributed by atoms with Gasteiger partial charge in [0.1, 0.15) is 0 Å². The molecule has 0 radical (unpaired) electrons. The minimum atomic E-state index is -4.36. The van der Waals surface area contributed by atoms with Gasteiger partial charge in [0.25, 0.3) is 0 Å². The molecule has 6 heteroatoms. The molecule has 0 spiro atoms. The highest BCUT2D eigenvalue weighted by Gasteiger charge is 2.29. The van der Waals surface area contributed by atoms with Crippen LogP contribution in [0.1, 0.15) is 11.1 Å². The standard InChI is InChI=1S/C14H12F3NO2/c15-14(16,17)10-4-6-11(7-5-10)18-8-9-2-1-3-12(19)13(9)20/h1-7,18-20H,8H2. The van der Waals surface area contributed by atoms with E-state index in [-0.39, 0.29) is 18.0 Å². The first-order valence-corrected chi connectivity index (χ1v) is 5.79. The molecule has 2 aromatic rings. The van der Waals surface area contributed by atoms with Crippen molar-refractivity contribution < 1.29 is 23.4 Å². The van der Waals surface area contributed by atoms with E-state index in [2.05, 4.69) is 5.32 Å². The molecular weight excluding hydrogens is 271 g/mol. The number of aromatic hydroxyl groups is 2. The molecule has 0 unspecified atom stereocenters. The van der Waals surface area contributed by atoms with Gasteiger partial charge in [-0.3, -0.25) is 0 Å². The van der Waals surface area contributed by atoms with Gasteiger partial charge in [-0.15, -0.1) is 0 Å². The van der Waals surface area contributed by atoms with Crippen LogP contribution in [0.15, 0.2) is 42.5 Å². The fraction of sp³-hybridized carbons (Fsp3) is 0.143. The monoisotopic (exact) mass is 283 g/mol. The maximum Gasteiger partial charge on any atom is 0.416 e. The van der Waals surface area contributed by atoms with Crippen LogP contribution in [0.4, 0.5) is 18.9 Å². The zero-order chi connectivity index (χ0) is 14.8. The largest absolute Gasteiger partial charge is 0.504 e. The fourth-order valence-corrected chi connectivity index (χ4v) is 1.69. The highest BCUT2D eigenvalue weighted by Crippen LogP contribution is 2.31. The molecule has 3 nitrogen and oxygen atoms in total. The zero-order valence-electron chi connectivity index (χ0n) is 10.3. The van der Waals surface area contributed by atoms with E-state index >= 15 is 0 Å². The lowest BCUT2D eigenvalue weighted by molar-refractivity contribution is -0.137. The third-order valence-corrected chi connectivity index (χ3v) is 2.79. The van der Waals surface area contributed by atoms with Gasteiger partial charge in [0.15, 0.2) is 11.5 Å². The summed E-state index contributed by atoms with van der Waals surface area (Å²) in [6, 6.07) is 9.09. The third-order valence-electron chi connectivity index (χ3n) is 2.79. The van der Waals surface area contributed by atoms with Crippen molar-refractivity contribution in [3.63, 3.8) is 0 Å². The van der Waals surface area contributed by atoms with Gasteiger partial charge < -0.3 is 15.5 Å². The summed E-state index contributed by atoms with van der Waals surface area (Å²) in [5.41, 5.74) is 0.217. The van der Waals surface area contributed by atoms with Crippen molar-refractivity contribution >= 4 is 5.69 Å². The van der Waals surface area contributed by atoms with Crippen LogP contribution in [-0.4, -0.2) is 10.2 Å². The van der Waals surface area contributed by atoms with Crippen LogP contribution in [0.2, 0.25) is 0 Å². The number of nitrogens with one attached hydrogen (secondary N) is 1. The Hall–Kier alpha value is -2.37. The molecule has 3 N–H and O–H groups in total. The molecule has 0 amide bonds. The van der Waals surface area contributed by atoms with Crippen molar-refractivity contribution in [2.45, 2.75) is 12.7 Å².